The molecule has 3 heteroatoms. The van der Waals surface area contributed by atoms with Crippen molar-refractivity contribution in [2.75, 3.05) is 0 Å². The van der Waals surface area contributed by atoms with E-state index < -0.39 is 0 Å². The summed E-state index contributed by atoms with van der Waals surface area (Å²) in [6.07, 6.45) is 4.66. The van der Waals surface area contributed by atoms with Gasteiger partial charge >= 0.3 is 0 Å². The predicted octanol–water partition coefficient (Wildman–Crippen LogP) is 3.76. The normalized spacial score (nSPS) is 17.7. The summed E-state index contributed by atoms with van der Waals surface area (Å²) in [5.74, 6) is 0.221. The van der Waals surface area contributed by atoms with E-state index in [1.807, 2.05) is 13.8 Å². The van der Waals surface area contributed by atoms with Crippen LogP contribution in [-0.4, -0.2) is 5.91 Å². The monoisotopic (exact) mass is 263 g/mol. The van der Waals surface area contributed by atoms with E-state index >= 15 is 0 Å². The lowest BCUT2D eigenvalue weighted by molar-refractivity contribution is -0.123. The van der Waals surface area contributed by atoms with Crippen molar-refractivity contribution in [2.45, 2.75) is 51.5 Å². The van der Waals surface area contributed by atoms with Crippen molar-refractivity contribution in [3.8, 4) is 0 Å². The first-order valence-electron chi connectivity index (χ1n) is 7.09. The summed E-state index contributed by atoms with van der Waals surface area (Å²) >= 11 is 0. The van der Waals surface area contributed by atoms with E-state index in [0.717, 1.165) is 31.2 Å². The fraction of sp³-hybridized carbons (Fsp3) is 0.562. The van der Waals surface area contributed by atoms with Crippen LogP contribution in [0.15, 0.2) is 24.3 Å². The first kappa shape index (κ1) is 14.0. The van der Waals surface area contributed by atoms with Crippen molar-refractivity contribution in [1.82, 2.24) is 5.32 Å². The predicted molar refractivity (Wildman–Crippen MR) is 74.1 cm³/mol. The number of amides is 1. The van der Waals surface area contributed by atoms with Crippen LogP contribution in [0.2, 0.25) is 0 Å². The maximum absolute atomic E-state index is 13.0. The van der Waals surface area contributed by atoms with Crippen LogP contribution < -0.4 is 5.32 Å². The van der Waals surface area contributed by atoms with E-state index in [1.165, 1.54) is 12.1 Å². The number of hydrogen-bond acceptors (Lipinski definition) is 1. The number of benzene rings is 1. The average Bonchev–Trinajstić information content (AvgIpc) is 2.78. The summed E-state index contributed by atoms with van der Waals surface area (Å²) in [6.45, 7) is 4.08. The summed E-state index contributed by atoms with van der Waals surface area (Å²) in [6, 6.07) is 6.56. The maximum Gasteiger partial charge on any atom is 0.220 e. The summed E-state index contributed by atoms with van der Waals surface area (Å²) in [7, 11) is 0. The molecule has 1 N–H and O–H groups in total. The van der Waals surface area contributed by atoms with Crippen molar-refractivity contribution in [2.24, 2.45) is 5.92 Å². The third-order valence-electron chi connectivity index (χ3n) is 3.83. The first-order valence-corrected chi connectivity index (χ1v) is 7.09. The van der Waals surface area contributed by atoms with Crippen molar-refractivity contribution in [3.05, 3.63) is 35.6 Å². The molecule has 0 radical (unpaired) electrons. The van der Waals surface area contributed by atoms with E-state index in [1.54, 1.807) is 12.1 Å². The molecule has 2 nitrogen and oxygen atoms in total. The minimum absolute atomic E-state index is 0.0984. The van der Waals surface area contributed by atoms with Gasteiger partial charge in [0.05, 0.1) is 5.54 Å². The molecule has 1 aliphatic carbocycles. The van der Waals surface area contributed by atoms with Gasteiger partial charge in [-0.05, 0) is 36.5 Å². The molecule has 0 heterocycles. The van der Waals surface area contributed by atoms with Gasteiger partial charge in [0.2, 0.25) is 5.91 Å². The Balaban J connectivity index is 2.18. The maximum atomic E-state index is 13.0. The molecule has 0 unspecified atom stereocenters. The Hall–Kier alpha value is -1.38. The fourth-order valence-corrected chi connectivity index (χ4v) is 2.92. The Morgan fingerprint density at radius 1 is 1.26 bits per heavy atom. The SMILES string of the molecule is CC(C)CC(=O)NC1(c2ccc(F)cc2)CCCC1. The Kier molecular flexibility index (Phi) is 4.23. The van der Waals surface area contributed by atoms with Crippen LogP contribution in [0.3, 0.4) is 0 Å². The molecular formula is C16H22FNO. The van der Waals surface area contributed by atoms with Crippen molar-refractivity contribution in [1.29, 1.82) is 0 Å². The van der Waals surface area contributed by atoms with Gasteiger partial charge in [0, 0.05) is 6.42 Å². The van der Waals surface area contributed by atoms with E-state index in [4.69, 9.17) is 0 Å². The van der Waals surface area contributed by atoms with Crippen molar-refractivity contribution >= 4 is 5.91 Å². The van der Waals surface area contributed by atoms with Crippen LogP contribution >= 0.6 is 0 Å². The summed E-state index contributed by atoms with van der Waals surface area (Å²) < 4.78 is 13.0. The van der Waals surface area contributed by atoms with Crippen LogP contribution in [-0.2, 0) is 10.3 Å². The third kappa shape index (κ3) is 3.34. The Bertz CT molecular complexity index is 433. The molecule has 0 saturated heterocycles. The van der Waals surface area contributed by atoms with Crippen LogP contribution in [0.4, 0.5) is 4.39 Å². The Morgan fingerprint density at radius 3 is 2.37 bits per heavy atom. The molecule has 1 fully saturated rings. The van der Waals surface area contributed by atoms with Gasteiger partial charge in [0.15, 0.2) is 0 Å². The van der Waals surface area contributed by atoms with Gasteiger partial charge < -0.3 is 5.32 Å². The highest BCUT2D eigenvalue weighted by Gasteiger charge is 2.36. The molecule has 19 heavy (non-hydrogen) atoms. The van der Waals surface area contributed by atoms with Crippen LogP contribution in [0.1, 0.15) is 51.5 Å². The number of nitrogens with one attached hydrogen (secondary N) is 1. The molecule has 0 aliphatic heterocycles. The highest BCUT2D eigenvalue weighted by atomic mass is 19.1. The molecule has 0 bridgehead atoms. The standard InChI is InChI=1S/C16H22FNO/c1-12(2)11-15(19)18-16(9-3-4-10-16)13-5-7-14(17)8-6-13/h5-8,12H,3-4,9-11H2,1-2H3,(H,18,19). The second-order valence-corrected chi connectivity index (χ2v) is 5.94. The topological polar surface area (TPSA) is 29.1 Å². The summed E-state index contributed by atoms with van der Waals surface area (Å²) in [4.78, 5) is 12.1. The minimum Gasteiger partial charge on any atom is -0.347 e. The second kappa shape index (κ2) is 5.72. The van der Waals surface area contributed by atoms with Crippen molar-refractivity contribution < 1.29 is 9.18 Å². The molecule has 2 rings (SSSR count). The molecule has 0 atom stereocenters. The molecule has 0 spiro atoms. The van der Waals surface area contributed by atoms with Gasteiger partial charge in [0.1, 0.15) is 5.82 Å². The highest BCUT2D eigenvalue weighted by molar-refractivity contribution is 5.77. The van der Waals surface area contributed by atoms with Gasteiger partial charge in [-0.25, -0.2) is 4.39 Å². The van der Waals surface area contributed by atoms with Crippen LogP contribution in [0.25, 0.3) is 0 Å². The van der Waals surface area contributed by atoms with Gasteiger partial charge in [-0.1, -0.05) is 38.8 Å². The lowest BCUT2D eigenvalue weighted by Crippen LogP contribution is -2.44. The molecule has 0 aromatic heterocycles. The molecular weight excluding hydrogens is 241 g/mol. The molecule has 1 aromatic carbocycles. The largest absolute Gasteiger partial charge is 0.347 e. The quantitative estimate of drug-likeness (QED) is 0.880. The smallest absolute Gasteiger partial charge is 0.220 e. The molecule has 1 aliphatic rings. The molecule has 1 aromatic rings. The molecule has 1 amide bonds. The second-order valence-electron chi connectivity index (χ2n) is 5.94. The highest BCUT2D eigenvalue weighted by Crippen LogP contribution is 2.38. The Morgan fingerprint density at radius 2 is 1.84 bits per heavy atom. The number of halogens is 1. The number of carbonyl (C=O) groups is 1. The zero-order valence-electron chi connectivity index (χ0n) is 11.7. The summed E-state index contributed by atoms with van der Waals surface area (Å²) in [5.41, 5.74) is 0.753. The van der Waals surface area contributed by atoms with E-state index in [2.05, 4.69) is 5.32 Å². The minimum atomic E-state index is -0.278. The van der Waals surface area contributed by atoms with Gasteiger partial charge in [-0.2, -0.15) is 0 Å². The average molecular weight is 263 g/mol. The van der Waals surface area contributed by atoms with Gasteiger partial charge in [0.25, 0.3) is 0 Å². The third-order valence-corrected chi connectivity index (χ3v) is 3.83. The first-order chi connectivity index (χ1) is 9.02. The van der Waals surface area contributed by atoms with E-state index in [0.29, 0.717) is 12.3 Å². The van der Waals surface area contributed by atoms with Crippen LogP contribution in [0, 0.1) is 11.7 Å². The fourth-order valence-electron chi connectivity index (χ4n) is 2.92. The number of hydrogen-bond donors (Lipinski definition) is 1. The number of rotatable bonds is 4. The lowest BCUT2D eigenvalue weighted by atomic mass is 9.87. The zero-order chi connectivity index (χ0) is 13.9. The van der Waals surface area contributed by atoms with Crippen LogP contribution in [0.5, 0.6) is 0 Å². The zero-order valence-corrected chi connectivity index (χ0v) is 11.7. The number of carbonyl (C=O) groups excluding carboxylic acids is 1. The van der Waals surface area contributed by atoms with E-state index in [-0.39, 0.29) is 17.3 Å². The van der Waals surface area contributed by atoms with Gasteiger partial charge in [-0.3, -0.25) is 4.79 Å². The molecule has 104 valence electrons. The lowest BCUT2D eigenvalue weighted by Gasteiger charge is -2.31. The summed E-state index contributed by atoms with van der Waals surface area (Å²) in [5, 5.41) is 3.20. The van der Waals surface area contributed by atoms with E-state index in [9.17, 15) is 9.18 Å². The van der Waals surface area contributed by atoms with Gasteiger partial charge in [-0.15, -0.1) is 0 Å². The van der Waals surface area contributed by atoms with Crippen molar-refractivity contribution in [3.63, 3.8) is 0 Å². The Labute approximate surface area is 114 Å². The molecule has 1 saturated carbocycles.